The van der Waals surface area contributed by atoms with Gasteiger partial charge in [0, 0.05) is 53.6 Å². The number of β-amino-alcohol motifs (C(OH)–C–C–N with tert-alkyl or cyclic N) is 1. The Hall–Kier alpha value is -2.96. The Morgan fingerprint density at radius 1 is 0.943 bits per heavy atom. The Balaban J connectivity index is 1.30. The van der Waals surface area contributed by atoms with Crippen LogP contribution >= 0.6 is 11.6 Å². The van der Waals surface area contributed by atoms with E-state index in [1.807, 2.05) is 49.4 Å². The van der Waals surface area contributed by atoms with Gasteiger partial charge in [0.2, 0.25) is 0 Å². The van der Waals surface area contributed by atoms with Crippen LogP contribution in [-0.4, -0.2) is 52.7 Å². The number of hydrogen-bond acceptors (Lipinski definition) is 3. The molecule has 3 aromatic carbocycles. The lowest BCUT2D eigenvalue weighted by Crippen LogP contribution is -2.60. The van der Waals surface area contributed by atoms with Crippen LogP contribution in [0.3, 0.4) is 0 Å². The van der Waals surface area contributed by atoms with Crippen molar-refractivity contribution in [3.05, 3.63) is 107 Å². The average Bonchev–Trinajstić information content (AvgIpc) is 3.29. The third kappa shape index (κ3) is 5.34. The van der Waals surface area contributed by atoms with Gasteiger partial charge in [0.1, 0.15) is 24.2 Å². The fraction of sp³-hybridized carbons (Fsp3) is 0.276. The van der Waals surface area contributed by atoms with Crippen LogP contribution in [-0.2, 0) is 6.54 Å². The van der Waals surface area contributed by atoms with Crippen molar-refractivity contribution in [2.24, 2.45) is 0 Å². The number of aromatic amines is 1. The van der Waals surface area contributed by atoms with Gasteiger partial charge in [-0.05, 0) is 19.1 Å². The van der Waals surface area contributed by atoms with Gasteiger partial charge < -0.3 is 10.1 Å². The first kappa shape index (κ1) is 23.8. The number of hydrogen-bond donors (Lipinski definition) is 2. The van der Waals surface area contributed by atoms with Gasteiger partial charge in [0.25, 0.3) is 0 Å². The maximum Gasteiger partial charge on any atom is 0.137 e. The molecular formula is C29H32ClN4O+. The number of aryl methyl sites for hydroxylation is 1. The summed E-state index contributed by atoms with van der Waals surface area (Å²) in [5.41, 5.74) is 5.30. The van der Waals surface area contributed by atoms with E-state index in [0.29, 0.717) is 6.54 Å². The summed E-state index contributed by atoms with van der Waals surface area (Å²) in [6, 6.07) is 29.0. The van der Waals surface area contributed by atoms with Crippen molar-refractivity contribution in [1.29, 1.82) is 0 Å². The van der Waals surface area contributed by atoms with Gasteiger partial charge >= 0.3 is 0 Å². The van der Waals surface area contributed by atoms with Crippen molar-refractivity contribution >= 4 is 17.3 Å². The number of nitrogens with one attached hydrogen (secondary N) is 1. The van der Waals surface area contributed by atoms with Gasteiger partial charge in [0.05, 0.1) is 18.8 Å². The highest BCUT2D eigenvalue weighted by Crippen LogP contribution is 2.31. The minimum absolute atomic E-state index is 0.575. The van der Waals surface area contributed by atoms with E-state index in [-0.39, 0.29) is 0 Å². The van der Waals surface area contributed by atoms with E-state index in [1.165, 1.54) is 11.3 Å². The van der Waals surface area contributed by atoms with Gasteiger partial charge in [-0.1, -0.05) is 72.3 Å². The number of piperazine rings is 1. The topological polar surface area (TPSA) is 52.1 Å². The van der Waals surface area contributed by atoms with E-state index < -0.39 is 6.10 Å². The maximum atomic E-state index is 11.1. The number of H-pyrrole nitrogens is 1. The minimum Gasteiger partial charge on any atom is -0.385 e. The van der Waals surface area contributed by atoms with Crippen LogP contribution in [0.1, 0.15) is 23.1 Å². The van der Waals surface area contributed by atoms with Crippen LogP contribution in [0.4, 0.5) is 5.69 Å². The standard InChI is InChI=1S/C29H32ClN4O/c1-22-28(32-29(31-22)24-10-6-3-7-11-24)27(35)20-33-16-18-34(19-17-33,21-23-8-4-2-5-9-23)26-14-12-25(30)13-15-26/h2-15,27,35H,16-21H2,1H3,(H,31,32)/q+1. The van der Waals surface area contributed by atoms with E-state index in [0.717, 1.165) is 65.0 Å². The molecular weight excluding hydrogens is 456 g/mol. The molecule has 35 heavy (non-hydrogen) atoms. The second-order valence-electron chi connectivity index (χ2n) is 9.49. The summed E-state index contributed by atoms with van der Waals surface area (Å²) in [6.45, 7) is 7.25. The molecule has 1 aromatic heterocycles. The summed E-state index contributed by atoms with van der Waals surface area (Å²) in [4.78, 5) is 10.4. The molecule has 1 atom stereocenters. The van der Waals surface area contributed by atoms with Crippen molar-refractivity contribution in [3.63, 3.8) is 0 Å². The van der Waals surface area contributed by atoms with E-state index in [1.54, 1.807) is 0 Å². The van der Waals surface area contributed by atoms with Crippen molar-refractivity contribution in [2.75, 3.05) is 32.7 Å². The van der Waals surface area contributed by atoms with Crippen LogP contribution in [0.15, 0.2) is 84.9 Å². The molecule has 2 N–H and O–H groups in total. The lowest BCUT2D eigenvalue weighted by molar-refractivity contribution is 0.0697. The summed E-state index contributed by atoms with van der Waals surface area (Å²) < 4.78 is 0.882. The third-order valence-electron chi connectivity index (χ3n) is 7.11. The van der Waals surface area contributed by atoms with Crippen molar-refractivity contribution in [3.8, 4) is 11.4 Å². The number of halogens is 1. The highest BCUT2D eigenvalue weighted by atomic mass is 35.5. The Kier molecular flexibility index (Phi) is 7.02. The van der Waals surface area contributed by atoms with E-state index in [2.05, 4.69) is 52.3 Å². The summed E-state index contributed by atoms with van der Waals surface area (Å²) in [5, 5.41) is 11.8. The molecule has 0 aliphatic carbocycles. The van der Waals surface area contributed by atoms with Gasteiger partial charge in [-0.15, -0.1) is 0 Å². The van der Waals surface area contributed by atoms with Crippen LogP contribution in [0.2, 0.25) is 5.02 Å². The zero-order valence-corrected chi connectivity index (χ0v) is 20.8. The van der Waals surface area contributed by atoms with Crippen molar-refractivity contribution in [2.45, 2.75) is 19.6 Å². The Bertz CT molecular complexity index is 1230. The molecule has 5 rings (SSSR count). The van der Waals surface area contributed by atoms with Gasteiger partial charge in [-0.25, -0.2) is 4.98 Å². The largest absolute Gasteiger partial charge is 0.385 e. The SMILES string of the molecule is Cc1[nH]c(-c2ccccc2)nc1C(O)CN1CC[N+](Cc2ccccc2)(c2ccc(Cl)cc2)CC1. The molecule has 2 heterocycles. The molecule has 4 aromatic rings. The molecule has 1 fully saturated rings. The Labute approximate surface area is 212 Å². The minimum atomic E-state index is -0.631. The van der Waals surface area contributed by atoms with Gasteiger partial charge in [-0.2, -0.15) is 0 Å². The summed E-state index contributed by atoms with van der Waals surface area (Å²) >= 11 is 6.20. The number of quaternary nitrogens is 1. The van der Waals surface area contributed by atoms with Crippen LogP contribution < -0.4 is 4.48 Å². The first-order valence-electron chi connectivity index (χ1n) is 12.2. The predicted molar refractivity (Wildman–Crippen MR) is 143 cm³/mol. The van der Waals surface area contributed by atoms with Crippen LogP contribution in [0, 0.1) is 6.92 Å². The smallest absolute Gasteiger partial charge is 0.137 e. The summed E-state index contributed by atoms with van der Waals surface area (Å²) in [7, 11) is 0. The molecule has 5 nitrogen and oxygen atoms in total. The van der Waals surface area contributed by atoms with Gasteiger partial charge in [0.15, 0.2) is 0 Å². The normalized spacial score (nSPS) is 16.8. The van der Waals surface area contributed by atoms with Crippen molar-refractivity contribution < 1.29 is 5.11 Å². The number of benzene rings is 3. The van der Waals surface area contributed by atoms with Crippen LogP contribution in [0.25, 0.3) is 11.4 Å². The fourth-order valence-corrected chi connectivity index (χ4v) is 5.26. The monoisotopic (exact) mass is 487 g/mol. The van der Waals surface area contributed by atoms with E-state index in [4.69, 9.17) is 16.6 Å². The number of aliphatic hydroxyl groups excluding tert-OH is 1. The number of rotatable bonds is 7. The second-order valence-corrected chi connectivity index (χ2v) is 9.93. The molecule has 1 aliphatic heterocycles. The summed E-state index contributed by atoms with van der Waals surface area (Å²) in [6.07, 6.45) is -0.631. The molecule has 0 amide bonds. The molecule has 1 aliphatic rings. The second kappa shape index (κ2) is 10.3. The summed E-state index contributed by atoms with van der Waals surface area (Å²) in [5.74, 6) is 0.803. The predicted octanol–water partition coefficient (Wildman–Crippen LogP) is 5.60. The maximum absolute atomic E-state index is 11.1. The fourth-order valence-electron chi connectivity index (χ4n) is 5.13. The first-order chi connectivity index (χ1) is 17.0. The average molecular weight is 488 g/mol. The van der Waals surface area contributed by atoms with Crippen molar-refractivity contribution in [1.82, 2.24) is 19.4 Å². The third-order valence-corrected chi connectivity index (χ3v) is 7.36. The van der Waals surface area contributed by atoms with Gasteiger partial charge in [-0.3, -0.25) is 9.38 Å². The zero-order chi connectivity index (χ0) is 24.3. The molecule has 180 valence electrons. The lowest BCUT2D eigenvalue weighted by Gasteiger charge is -2.45. The zero-order valence-electron chi connectivity index (χ0n) is 20.1. The van der Waals surface area contributed by atoms with E-state index in [9.17, 15) is 5.11 Å². The highest BCUT2D eigenvalue weighted by Gasteiger charge is 2.36. The van der Waals surface area contributed by atoms with Crippen LogP contribution in [0.5, 0.6) is 0 Å². The molecule has 0 saturated carbocycles. The number of nitrogens with zero attached hydrogens (tertiary/aromatic N) is 3. The quantitative estimate of drug-likeness (QED) is 0.334. The Morgan fingerprint density at radius 3 is 2.23 bits per heavy atom. The lowest BCUT2D eigenvalue weighted by atomic mass is 10.1. The molecule has 0 spiro atoms. The number of aromatic nitrogens is 2. The first-order valence-corrected chi connectivity index (χ1v) is 12.6. The number of aliphatic hydroxyl groups is 1. The molecule has 1 saturated heterocycles. The molecule has 6 heteroatoms. The molecule has 1 unspecified atom stereocenters. The Morgan fingerprint density at radius 2 is 1.57 bits per heavy atom. The highest BCUT2D eigenvalue weighted by molar-refractivity contribution is 6.30. The number of imidazole rings is 1. The molecule has 0 bridgehead atoms. The van der Waals surface area contributed by atoms with E-state index >= 15 is 0 Å². The molecule has 0 radical (unpaired) electrons.